The molecule has 0 spiro atoms. The van der Waals surface area contributed by atoms with Crippen molar-refractivity contribution < 1.29 is 14.6 Å². The van der Waals surface area contributed by atoms with E-state index in [4.69, 9.17) is 4.74 Å². The molecular formula is C17H13NO3. The van der Waals surface area contributed by atoms with Crippen molar-refractivity contribution in [3.63, 3.8) is 0 Å². The fourth-order valence-electron chi connectivity index (χ4n) is 2.15. The summed E-state index contributed by atoms with van der Waals surface area (Å²) < 4.78 is 5.72. The monoisotopic (exact) mass is 279 g/mol. The van der Waals surface area contributed by atoms with Gasteiger partial charge >= 0.3 is 5.97 Å². The van der Waals surface area contributed by atoms with Crippen molar-refractivity contribution in [2.24, 2.45) is 0 Å². The molecule has 0 unspecified atom stereocenters. The van der Waals surface area contributed by atoms with Crippen LogP contribution in [0.3, 0.4) is 0 Å². The van der Waals surface area contributed by atoms with Gasteiger partial charge < -0.3 is 9.84 Å². The quantitative estimate of drug-likeness (QED) is 0.786. The first kappa shape index (κ1) is 13.1. The Morgan fingerprint density at radius 1 is 1.10 bits per heavy atom. The summed E-state index contributed by atoms with van der Waals surface area (Å²) >= 11 is 0. The lowest BCUT2D eigenvalue weighted by molar-refractivity contribution is 0.0694. The number of hydrogen-bond acceptors (Lipinski definition) is 3. The maximum Gasteiger partial charge on any atom is 0.339 e. The molecule has 104 valence electrons. The number of rotatable bonds is 3. The molecule has 4 heteroatoms. The summed E-state index contributed by atoms with van der Waals surface area (Å²) in [7, 11) is 0. The van der Waals surface area contributed by atoms with E-state index in [9.17, 15) is 9.90 Å². The third-order valence-corrected chi connectivity index (χ3v) is 3.25. The molecule has 3 rings (SSSR count). The summed E-state index contributed by atoms with van der Waals surface area (Å²) in [4.78, 5) is 15.6. The lowest BCUT2D eigenvalue weighted by Crippen LogP contribution is -2.01. The molecule has 0 amide bonds. The van der Waals surface area contributed by atoms with E-state index < -0.39 is 5.97 Å². The van der Waals surface area contributed by atoms with E-state index in [-0.39, 0.29) is 5.56 Å². The summed E-state index contributed by atoms with van der Waals surface area (Å²) in [6, 6.07) is 14.6. The number of benzene rings is 2. The molecule has 0 bridgehead atoms. The number of aryl methyl sites for hydroxylation is 1. The van der Waals surface area contributed by atoms with Crippen molar-refractivity contribution in [3.05, 3.63) is 65.9 Å². The molecular weight excluding hydrogens is 266 g/mol. The Balaban J connectivity index is 2.14. The van der Waals surface area contributed by atoms with Gasteiger partial charge in [-0.1, -0.05) is 30.3 Å². The number of nitrogens with zero attached hydrogens (tertiary/aromatic N) is 1. The summed E-state index contributed by atoms with van der Waals surface area (Å²) in [5.74, 6) is -0.317. The Labute approximate surface area is 121 Å². The fourth-order valence-corrected chi connectivity index (χ4v) is 2.15. The summed E-state index contributed by atoms with van der Waals surface area (Å²) in [6.45, 7) is 1.86. The zero-order chi connectivity index (χ0) is 14.8. The molecule has 0 radical (unpaired) electrons. The second-order valence-corrected chi connectivity index (χ2v) is 4.73. The maximum atomic E-state index is 11.4. The molecule has 0 fully saturated rings. The molecule has 1 N–H and O–H groups in total. The van der Waals surface area contributed by atoms with Crippen LogP contribution < -0.4 is 4.74 Å². The van der Waals surface area contributed by atoms with Crippen molar-refractivity contribution in [2.75, 3.05) is 0 Å². The Kier molecular flexibility index (Phi) is 3.28. The van der Waals surface area contributed by atoms with Crippen LogP contribution in [-0.4, -0.2) is 16.1 Å². The number of aromatic carboxylic acids is 1. The van der Waals surface area contributed by atoms with E-state index in [2.05, 4.69) is 4.98 Å². The number of pyridine rings is 1. The summed E-state index contributed by atoms with van der Waals surface area (Å²) in [5.41, 5.74) is 0.973. The largest absolute Gasteiger partial charge is 0.478 e. The lowest BCUT2D eigenvalue weighted by atomic mass is 10.1. The van der Waals surface area contributed by atoms with Crippen molar-refractivity contribution in [2.45, 2.75) is 6.92 Å². The van der Waals surface area contributed by atoms with Gasteiger partial charge in [0.15, 0.2) is 0 Å². The van der Waals surface area contributed by atoms with Gasteiger partial charge in [0.25, 0.3) is 0 Å². The smallest absolute Gasteiger partial charge is 0.339 e. The van der Waals surface area contributed by atoms with Crippen LogP contribution in [0.5, 0.6) is 11.6 Å². The van der Waals surface area contributed by atoms with E-state index in [1.807, 2.05) is 37.3 Å². The number of fused-ring (bicyclic) bond motifs is 1. The van der Waals surface area contributed by atoms with Crippen LogP contribution in [0.2, 0.25) is 0 Å². The molecule has 0 saturated heterocycles. The molecule has 0 aliphatic carbocycles. The van der Waals surface area contributed by atoms with Crippen molar-refractivity contribution >= 4 is 16.7 Å². The molecule has 1 aromatic heterocycles. The summed E-state index contributed by atoms with van der Waals surface area (Å²) in [5, 5.41) is 11.2. The van der Waals surface area contributed by atoms with Crippen LogP contribution >= 0.6 is 0 Å². The van der Waals surface area contributed by atoms with Crippen LogP contribution in [0.15, 0.2) is 54.7 Å². The van der Waals surface area contributed by atoms with E-state index in [1.165, 1.54) is 0 Å². The molecule has 0 saturated carbocycles. The highest BCUT2D eigenvalue weighted by Gasteiger charge is 2.14. The average molecular weight is 279 g/mol. The Morgan fingerprint density at radius 2 is 1.81 bits per heavy atom. The van der Waals surface area contributed by atoms with Crippen LogP contribution in [0, 0.1) is 6.92 Å². The van der Waals surface area contributed by atoms with Gasteiger partial charge in [0, 0.05) is 11.8 Å². The van der Waals surface area contributed by atoms with E-state index in [0.29, 0.717) is 11.6 Å². The maximum absolute atomic E-state index is 11.4. The molecule has 2 aromatic carbocycles. The molecule has 21 heavy (non-hydrogen) atoms. The Hall–Kier alpha value is -2.88. The standard InChI is InChI=1S/C17H13NO3/c1-11-5-4-8-18-16(11)21-15-10-13-7-3-2-6-12(13)9-14(15)17(19)20/h2-10H,1H3,(H,19,20). The van der Waals surface area contributed by atoms with Gasteiger partial charge in [-0.25, -0.2) is 9.78 Å². The highest BCUT2D eigenvalue weighted by molar-refractivity contribution is 5.97. The molecule has 0 atom stereocenters. The Bertz CT molecular complexity index is 827. The normalized spacial score (nSPS) is 10.5. The fraction of sp³-hybridized carbons (Fsp3) is 0.0588. The van der Waals surface area contributed by atoms with Crippen LogP contribution in [0.4, 0.5) is 0 Å². The third kappa shape index (κ3) is 2.56. The highest BCUT2D eigenvalue weighted by Crippen LogP contribution is 2.30. The predicted molar refractivity (Wildman–Crippen MR) is 80.0 cm³/mol. The molecule has 1 heterocycles. The van der Waals surface area contributed by atoms with Gasteiger partial charge in [-0.05, 0) is 35.9 Å². The minimum absolute atomic E-state index is 0.124. The zero-order valence-electron chi connectivity index (χ0n) is 11.4. The van der Waals surface area contributed by atoms with Gasteiger partial charge in [-0.15, -0.1) is 0 Å². The van der Waals surface area contributed by atoms with Gasteiger partial charge in [-0.2, -0.15) is 0 Å². The second kappa shape index (κ2) is 5.25. The number of carboxylic acid groups (broad SMARTS) is 1. The molecule has 3 aromatic rings. The van der Waals surface area contributed by atoms with E-state index >= 15 is 0 Å². The highest BCUT2D eigenvalue weighted by atomic mass is 16.5. The second-order valence-electron chi connectivity index (χ2n) is 4.73. The first-order valence-corrected chi connectivity index (χ1v) is 6.51. The van der Waals surface area contributed by atoms with Gasteiger partial charge in [0.05, 0.1) is 0 Å². The summed E-state index contributed by atoms with van der Waals surface area (Å²) in [6.07, 6.45) is 1.61. The number of hydrogen-bond donors (Lipinski definition) is 1. The van der Waals surface area contributed by atoms with E-state index in [1.54, 1.807) is 24.4 Å². The SMILES string of the molecule is Cc1cccnc1Oc1cc2ccccc2cc1C(=O)O. The molecule has 0 aliphatic heterocycles. The predicted octanol–water partition coefficient (Wildman–Crippen LogP) is 4.03. The number of aromatic nitrogens is 1. The number of carboxylic acids is 1. The van der Waals surface area contributed by atoms with Crippen molar-refractivity contribution in [1.29, 1.82) is 0 Å². The molecule has 0 aliphatic rings. The third-order valence-electron chi connectivity index (χ3n) is 3.25. The van der Waals surface area contributed by atoms with Gasteiger partial charge in [-0.3, -0.25) is 0 Å². The van der Waals surface area contributed by atoms with E-state index in [0.717, 1.165) is 16.3 Å². The van der Waals surface area contributed by atoms with Gasteiger partial charge in [0.1, 0.15) is 11.3 Å². The molecule has 4 nitrogen and oxygen atoms in total. The van der Waals surface area contributed by atoms with Crippen LogP contribution in [0.1, 0.15) is 15.9 Å². The zero-order valence-corrected chi connectivity index (χ0v) is 11.4. The topological polar surface area (TPSA) is 59.4 Å². The Morgan fingerprint density at radius 3 is 2.48 bits per heavy atom. The van der Waals surface area contributed by atoms with Crippen LogP contribution in [-0.2, 0) is 0 Å². The lowest BCUT2D eigenvalue weighted by Gasteiger charge is -2.11. The minimum Gasteiger partial charge on any atom is -0.478 e. The van der Waals surface area contributed by atoms with Crippen molar-refractivity contribution in [3.8, 4) is 11.6 Å². The van der Waals surface area contributed by atoms with Gasteiger partial charge in [0.2, 0.25) is 5.88 Å². The number of ether oxygens (including phenoxy) is 1. The first-order chi connectivity index (χ1) is 10.1. The van der Waals surface area contributed by atoms with Crippen molar-refractivity contribution in [1.82, 2.24) is 4.98 Å². The average Bonchev–Trinajstić information content (AvgIpc) is 2.48. The minimum atomic E-state index is -1.02. The van der Waals surface area contributed by atoms with Crippen LogP contribution in [0.25, 0.3) is 10.8 Å². The first-order valence-electron chi connectivity index (χ1n) is 6.51. The number of carbonyl (C=O) groups is 1.